The quantitative estimate of drug-likeness (QED) is 0.859. The molecule has 0 bridgehead atoms. The lowest BCUT2D eigenvalue weighted by Gasteiger charge is -2.23. The molecular weight excluding hydrogens is 244 g/mol. The van der Waals surface area contributed by atoms with Gasteiger partial charge >= 0.3 is 5.97 Å². The standard InChI is InChI=1S/C15H22O4/c1-15(2,3)9-11(14(16)17)10-19-13-7-5-12(18-4)6-8-13/h5-8,11H,9-10H2,1-4H3,(H,16,17). The van der Waals surface area contributed by atoms with Crippen molar-refractivity contribution in [2.75, 3.05) is 13.7 Å². The van der Waals surface area contributed by atoms with Crippen molar-refractivity contribution < 1.29 is 19.4 Å². The second kappa shape index (κ2) is 6.45. The molecule has 0 fully saturated rings. The minimum absolute atomic E-state index is 0.0354. The Morgan fingerprint density at radius 3 is 2.16 bits per heavy atom. The highest BCUT2D eigenvalue weighted by Crippen LogP contribution is 2.25. The molecular formula is C15H22O4. The van der Waals surface area contributed by atoms with Crippen LogP contribution in [0.2, 0.25) is 0 Å². The smallest absolute Gasteiger partial charge is 0.309 e. The van der Waals surface area contributed by atoms with Gasteiger partial charge in [-0.05, 0) is 36.1 Å². The number of carbonyl (C=O) groups is 1. The predicted octanol–water partition coefficient (Wildman–Crippen LogP) is 3.21. The van der Waals surface area contributed by atoms with Crippen LogP contribution in [0.15, 0.2) is 24.3 Å². The normalized spacial score (nSPS) is 12.8. The van der Waals surface area contributed by atoms with Gasteiger partial charge in [0.15, 0.2) is 0 Å². The molecule has 0 spiro atoms. The monoisotopic (exact) mass is 266 g/mol. The van der Waals surface area contributed by atoms with Crippen LogP contribution in [-0.4, -0.2) is 24.8 Å². The molecule has 4 nitrogen and oxygen atoms in total. The van der Waals surface area contributed by atoms with E-state index >= 15 is 0 Å². The number of methoxy groups -OCH3 is 1. The van der Waals surface area contributed by atoms with Gasteiger partial charge in [-0.2, -0.15) is 0 Å². The van der Waals surface area contributed by atoms with Crippen LogP contribution in [0.1, 0.15) is 27.2 Å². The Morgan fingerprint density at radius 2 is 1.74 bits per heavy atom. The molecule has 0 aliphatic rings. The van der Waals surface area contributed by atoms with Crippen molar-refractivity contribution in [2.45, 2.75) is 27.2 Å². The van der Waals surface area contributed by atoms with Gasteiger partial charge in [-0.3, -0.25) is 4.79 Å². The zero-order valence-electron chi connectivity index (χ0n) is 12.0. The number of ether oxygens (including phenoxy) is 2. The van der Waals surface area contributed by atoms with Gasteiger partial charge in [0.1, 0.15) is 18.1 Å². The number of hydrogen-bond acceptors (Lipinski definition) is 3. The van der Waals surface area contributed by atoms with Gasteiger partial charge in [0.05, 0.1) is 13.0 Å². The van der Waals surface area contributed by atoms with Crippen LogP contribution in [0, 0.1) is 11.3 Å². The summed E-state index contributed by atoms with van der Waals surface area (Å²) in [5.74, 6) is 0.0864. The van der Waals surface area contributed by atoms with Crippen LogP contribution in [0.5, 0.6) is 11.5 Å². The first-order valence-corrected chi connectivity index (χ1v) is 6.31. The molecule has 1 aromatic carbocycles. The molecule has 0 radical (unpaired) electrons. The first kappa shape index (κ1) is 15.3. The van der Waals surface area contributed by atoms with Gasteiger partial charge < -0.3 is 14.6 Å². The van der Waals surface area contributed by atoms with Gasteiger partial charge in [0.25, 0.3) is 0 Å². The lowest BCUT2D eigenvalue weighted by Crippen LogP contribution is -2.26. The van der Waals surface area contributed by atoms with Crippen molar-refractivity contribution in [2.24, 2.45) is 11.3 Å². The summed E-state index contributed by atoms with van der Waals surface area (Å²) in [7, 11) is 1.60. The average Bonchev–Trinajstić information content (AvgIpc) is 2.33. The summed E-state index contributed by atoms with van der Waals surface area (Å²) in [5.41, 5.74) is -0.0354. The molecule has 4 heteroatoms. The molecule has 1 atom stereocenters. The fourth-order valence-corrected chi connectivity index (χ4v) is 1.83. The Kier molecular flexibility index (Phi) is 5.21. The Labute approximate surface area is 114 Å². The second-order valence-corrected chi connectivity index (χ2v) is 5.79. The largest absolute Gasteiger partial charge is 0.497 e. The summed E-state index contributed by atoms with van der Waals surface area (Å²) >= 11 is 0. The van der Waals surface area contributed by atoms with E-state index in [0.717, 1.165) is 5.75 Å². The average molecular weight is 266 g/mol. The van der Waals surface area contributed by atoms with Crippen LogP contribution in [0.4, 0.5) is 0 Å². The van der Waals surface area contributed by atoms with Crippen molar-refractivity contribution in [1.29, 1.82) is 0 Å². The maximum Gasteiger partial charge on any atom is 0.309 e. The first-order valence-electron chi connectivity index (χ1n) is 6.31. The highest BCUT2D eigenvalue weighted by Gasteiger charge is 2.25. The molecule has 106 valence electrons. The summed E-state index contributed by atoms with van der Waals surface area (Å²) in [5, 5.41) is 9.20. The molecule has 0 aliphatic heterocycles. The van der Waals surface area contributed by atoms with Crippen LogP contribution < -0.4 is 9.47 Å². The lowest BCUT2D eigenvalue weighted by atomic mass is 9.85. The van der Waals surface area contributed by atoms with E-state index in [0.29, 0.717) is 12.2 Å². The van der Waals surface area contributed by atoms with Crippen molar-refractivity contribution >= 4 is 5.97 Å². The zero-order chi connectivity index (χ0) is 14.5. The molecule has 0 saturated carbocycles. The van der Waals surface area contributed by atoms with Crippen LogP contribution in [0.3, 0.4) is 0 Å². The highest BCUT2D eigenvalue weighted by molar-refractivity contribution is 5.70. The number of benzene rings is 1. The molecule has 0 amide bonds. The summed E-state index contributed by atoms with van der Waals surface area (Å²) in [4.78, 5) is 11.2. The number of rotatable bonds is 6. The fourth-order valence-electron chi connectivity index (χ4n) is 1.83. The van der Waals surface area contributed by atoms with E-state index in [1.54, 1.807) is 31.4 Å². The molecule has 1 aromatic rings. The Bertz CT molecular complexity index is 403. The predicted molar refractivity (Wildman–Crippen MR) is 73.7 cm³/mol. The van der Waals surface area contributed by atoms with Crippen LogP contribution >= 0.6 is 0 Å². The van der Waals surface area contributed by atoms with Crippen molar-refractivity contribution in [3.63, 3.8) is 0 Å². The lowest BCUT2D eigenvalue weighted by molar-refractivity contribution is -0.143. The van der Waals surface area contributed by atoms with Gasteiger partial charge in [0.2, 0.25) is 0 Å². The van der Waals surface area contributed by atoms with Crippen molar-refractivity contribution in [3.8, 4) is 11.5 Å². The van der Waals surface area contributed by atoms with Crippen LogP contribution in [0.25, 0.3) is 0 Å². The number of aliphatic carboxylic acids is 1. The zero-order valence-corrected chi connectivity index (χ0v) is 12.0. The fraction of sp³-hybridized carbons (Fsp3) is 0.533. The summed E-state index contributed by atoms with van der Waals surface area (Å²) in [6.45, 7) is 6.25. The van der Waals surface area contributed by atoms with E-state index in [2.05, 4.69) is 0 Å². The maximum atomic E-state index is 11.2. The summed E-state index contributed by atoms with van der Waals surface area (Å²) < 4.78 is 10.6. The molecule has 0 saturated heterocycles. The van der Waals surface area contributed by atoms with Crippen LogP contribution in [-0.2, 0) is 4.79 Å². The van der Waals surface area contributed by atoms with E-state index in [9.17, 15) is 9.90 Å². The minimum Gasteiger partial charge on any atom is -0.497 e. The summed E-state index contributed by atoms with van der Waals surface area (Å²) in [6, 6.07) is 7.12. The molecule has 19 heavy (non-hydrogen) atoms. The number of hydrogen-bond donors (Lipinski definition) is 1. The van der Waals surface area contributed by atoms with E-state index < -0.39 is 11.9 Å². The molecule has 0 aromatic heterocycles. The Balaban J connectivity index is 2.58. The SMILES string of the molecule is COc1ccc(OCC(CC(C)(C)C)C(=O)O)cc1. The Hall–Kier alpha value is -1.71. The van der Waals surface area contributed by atoms with Gasteiger partial charge in [-0.25, -0.2) is 0 Å². The third-order valence-electron chi connectivity index (χ3n) is 2.72. The first-order chi connectivity index (χ1) is 8.81. The van der Waals surface area contributed by atoms with E-state index in [1.165, 1.54) is 0 Å². The molecule has 1 rings (SSSR count). The van der Waals surface area contributed by atoms with E-state index in [-0.39, 0.29) is 12.0 Å². The van der Waals surface area contributed by atoms with E-state index in [4.69, 9.17) is 9.47 Å². The second-order valence-electron chi connectivity index (χ2n) is 5.79. The third kappa shape index (κ3) is 5.64. The van der Waals surface area contributed by atoms with Crippen molar-refractivity contribution in [3.05, 3.63) is 24.3 Å². The highest BCUT2D eigenvalue weighted by atomic mass is 16.5. The number of carboxylic acid groups (broad SMARTS) is 1. The van der Waals surface area contributed by atoms with Gasteiger partial charge in [-0.1, -0.05) is 20.8 Å². The summed E-state index contributed by atoms with van der Waals surface area (Å²) in [6.07, 6.45) is 0.582. The van der Waals surface area contributed by atoms with Gasteiger partial charge in [0, 0.05) is 0 Å². The van der Waals surface area contributed by atoms with Crippen molar-refractivity contribution in [1.82, 2.24) is 0 Å². The molecule has 0 aliphatic carbocycles. The molecule has 1 N–H and O–H groups in total. The van der Waals surface area contributed by atoms with E-state index in [1.807, 2.05) is 20.8 Å². The maximum absolute atomic E-state index is 11.2. The third-order valence-corrected chi connectivity index (χ3v) is 2.72. The number of carboxylic acids is 1. The molecule has 1 unspecified atom stereocenters. The minimum atomic E-state index is -0.816. The van der Waals surface area contributed by atoms with Gasteiger partial charge in [-0.15, -0.1) is 0 Å². The topological polar surface area (TPSA) is 55.8 Å². The molecule has 0 heterocycles. The Morgan fingerprint density at radius 1 is 1.21 bits per heavy atom.